The minimum absolute atomic E-state index is 0.599. The fraction of sp³-hybridized carbons (Fsp3) is 0.538. The molecule has 1 aromatic rings. The van der Waals surface area contributed by atoms with Crippen LogP contribution in [-0.2, 0) is 11.3 Å². The van der Waals surface area contributed by atoms with E-state index in [1.54, 1.807) is 7.11 Å². The number of hydrogen-bond acceptors (Lipinski definition) is 3. The molecule has 0 aromatic heterocycles. The number of para-hydroxylation sites is 1. The number of methoxy groups -OCH3 is 1. The summed E-state index contributed by atoms with van der Waals surface area (Å²) in [4.78, 5) is 0. The van der Waals surface area contributed by atoms with Crippen molar-refractivity contribution >= 4 is 0 Å². The van der Waals surface area contributed by atoms with Gasteiger partial charge in [0.2, 0.25) is 0 Å². The highest BCUT2D eigenvalue weighted by Gasteiger charge is 2.01. The van der Waals surface area contributed by atoms with E-state index in [1.807, 2.05) is 18.2 Å². The molecule has 0 saturated heterocycles. The van der Waals surface area contributed by atoms with Crippen LogP contribution in [0.4, 0.5) is 0 Å². The molecule has 0 aliphatic heterocycles. The van der Waals surface area contributed by atoms with Crippen molar-refractivity contribution in [3.05, 3.63) is 29.8 Å². The van der Waals surface area contributed by atoms with Gasteiger partial charge in [-0.15, -0.1) is 0 Å². The molecular weight excluding hydrogens is 202 g/mol. The van der Waals surface area contributed by atoms with Gasteiger partial charge in [0.1, 0.15) is 12.4 Å². The molecule has 1 N–H and O–H groups in total. The molecule has 3 heteroatoms. The molecule has 0 atom stereocenters. The Kier molecular flexibility index (Phi) is 6.61. The van der Waals surface area contributed by atoms with Crippen LogP contribution >= 0.6 is 0 Å². The van der Waals surface area contributed by atoms with Crippen molar-refractivity contribution in [2.24, 2.45) is 0 Å². The van der Waals surface area contributed by atoms with Gasteiger partial charge in [0.25, 0.3) is 0 Å². The first kappa shape index (κ1) is 13.0. The molecule has 0 aliphatic carbocycles. The van der Waals surface area contributed by atoms with Crippen molar-refractivity contribution in [1.29, 1.82) is 0 Å². The van der Waals surface area contributed by atoms with E-state index in [-0.39, 0.29) is 0 Å². The number of benzene rings is 1. The van der Waals surface area contributed by atoms with Gasteiger partial charge in [-0.05, 0) is 19.0 Å². The Morgan fingerprint density at radius 2 is 2.00 bits per heavy atom. The second-order valence-corrected chi connectivity index (χ2v) is 3.63. The fourth-order valence-electron chi connectivity index (χ4n) is 1.43. The molecule has 1 rings (SSSR count). The Labute approximate surface area is 97.8 Å². The quantitative estimate of drug-likeness (QED) is 0.685. The maximum atomic E-state index is 5.64. The van der Waals surface area contributed by atoms with Crippen molar-refractivity contribution in [1.82, 2.24) is 5.32 Å². The lowest BCUT2D eigenvalue weighted by Crippen LogP contribution is -2.15. The topological polar surface area (TPSA) is 30.5 Å². The van der Waals surface area contributed by atoms with Crippen LogP contribution in [0.15, 0.2) is 24.3 Å². The molecule has 90 valence electrons. The first-order valence-corrected chi connectivity index (χ1v) is 5.78. The summed E-state index contributed by atoms with van der Waals surface area (Å²) in [6.45, 7) is 5.27. The average Bonchev–Trinajstić information content (AvgIpc) is 2.32. The lowest BCUT2D eigenvalue weighted by Gasteiger charge is -2.11. The molecule has 0 bridgehead atoms. The van der Waals surface area contributed by atoms with Gasteiger partial charge in [0.15, 0.2) is 0 Å². The van der Waals surface area contributed by atoms with E-state index < -0.39 is 0 Å². The number of nitrogens with one attached hydrogen (secondary N) is 1. The molecule has 0 spiro atoms. The third-order valence-corrected chi connectivity index (χ3v) is 2.26. The molecule has 1 aromatic carbocycles. The van der Waals surface area contributed by atoms with E-state index in [4.69, 9.17) is 9.47 Å². The summed E-state index contributed by atoms with van der Waals surface area (Å²) >= 11 is 0. The van der Waals surface area contributed by atoms with Gasteiger partial charge in [0, 0.05) is 19.2 Å². The summed E-state index contributed by atoms with van der Waals surface area (Å²) < 4.78 is 10.6. The van der Waals surface area contributed by atoms with Gasteiger partial charge in [-0.3, -0.25) is 0 Å². The molecular formula is C13H21NO2. The third kappa shape index (κ3) is 4.64. The zero-order valence-electron chi connectivity index (χ0n) is 10.2. The second-order valence-electron chi connectivity index (χ2n) is 3.63. The van der Waals surface area contributed by atoms with Crippen LogP contribution in [0.3, 0.4) is 0 Å². The summed E-state index contributed by atoms with van der Waals surface area (Å²) in [6.07, 6.45) is 1.15. The minimum Gasteiger partial charge on any atom is -0.491 e. The van der Waals surface area contributed by atoms with Crippen LogP contribution in [-0.4, -0.2) is 26.9 Å². The smallest absolute Gasteiger partial charge is 0.123 e. The Bertz CT molecular complexity index is 260. The van der Waals surface area contributed by atoms with E-state index in [2.05, 4.69) is 18.3 Å². The summed E-state index contributed by atoms with van der Waals surface area (Å²) in [5.41, 5.74) is 1.20. The van der Waals surface area contributed by atoms with Crippen LogP contribution in [0, 0.1) is 0 Å². The zero-order chi connectivity index (χ0) is 11.6. The van der Waals surface area contributed by atoms with Crippen LogP contribution in [0.1, 0.15) is 18.9 Å². The highest BCUT2D eigenvalue weighted by atomic mass is 16.5. The van der Waals surface area contributed by atoms with Crippen LogP contribution in [0.2, 0.25) is 0 Å². The number of ether oxygens (including phenoxy) is 2. The normalized spacial score (nSPS) is 10.4. The van der Waals surface area contributed by atoms with Crippen molar-refractivity contribution in [2.45, 2.75) is 19.9 Å². The lowest BCUT2D eigenvalue weighted by molar-refractivity contribution is 0.145. The van der Waals surface area contributed by atoms with Gasteiger partial charge >= 0.3 is 0 Å². The molecule has 0 heterocycles. The Balaban J connectivity index is 2.46. The van der Waals surface area contributed by atoms with Gasteiger partial charge in [-0.25, -0.2) is 0 Å². The van der Waals surface area contributed by atoms with E-state index in [0.717, 1.165) is 25.3 Å². The number of hydrogen-bond donors (Lipinski definition) is 1. The lowest BCUT2D eigenvalue weighted by atomic mass is 10.2. The third-order valence-electron chi connectivity index (χ3n) is 2.26. The van der Waals surface area contributed by atoms with E-state index in [1.165, 1.54) is 5.56 Å². The first-order chi connectivity index (χ1) is 7.88. The average molecular weight is 223 g/mol. The van der Waals surface area contributed by atoms with Crippen molar-refractivity contribution < 1.29 is 9.47 Å². The van der Waals surface area contributed by atoms with Crippen LogP contribution < -0.4 is 10.1 Å². The highest BCUT2D eigenvalue weighted by molar-refractivity contribution is 5.33. The van der Waals surface area contributed by atoms with E-state index >= 15 is 0 Å². The zero-order valence-corrected chi connectivity index (χ0v) is 10.2. The summed E-state index contributed by atoms with van der Waals surface area (Å²) in [5, 5.41) is 3.37. The van der Waals surface area contributed by atoms with Gasteiger partial charge in [-0.2, -0.15) is 0 Å². The van der Waals surface area contributed by atoms with Gasteiger partial charge in [-0.1, -0.05) is 25.1 Å². The van der Waals surface area contributed by atoms with Crippen LogP contribution in [0.5, 0.6) is 5.75 Å². The standard InChI is InChI=1S/C13H21NO2/c1-3-8-14-11-12-6-4-5-7-13(12)16-10-9-15-2/h4-7,14H,3,8-11H2,1-2H3. The van der Waals surface area contributed by atoms with E-state index in [0.29, 0.717) is 13.2 Å². The molecule has 0 saturated carbocycles. The Hall–Kier alpha value is -1.06. The molecule has 16 heavy (non-hydrogen) atoms. The van der Waals surface area contributed by atoms with Crippen molar-refractivity contribution in [2.75, 3.05) is 26.9 Å². The Morgan fingerprint density at radius 3 is 2.75 bits per heavy atom. The van der Waals surface area contributed by atoms with Crippen molar-refractivity contribution in [3.63, 3.8) is 0 Å². The monoisotopic (exact) mass is 223 g/mol. The minimum atomic E-state index is 0.599. The van der Waals surface area contributed by atoms with Gasteiger partial charge in [0.05, 0.1) is 6.61 Å². The van der Waals surface area contributed by atoms with Crippen molar-refractivity contribution in [3.8, 4) is 5.75 Å². The SMILES string of the molecule is CCCNCc1ccccc1OCCOC. The maximum Gasteiger partial charge on any atom is 0.123 e. The molecule has 3 nitrogen and oxygen atoms in total. The maximum absolute atomic E-state index is 5.64. The highest BCUT2D eigenvalue weighted by Crippen LogP contribution is 2.17. The number of rotatable bonds is 8. The fourth-order valence-corrected chi connectivity index (χ4v) is 1.43. The first-order valence-electron chi connectivity index (χ1n) is 5.78. The summed E-state index contributed by atoms with van der Waals surface area (Å²) in [7, 11) is 1.68. The Morgan fingerprint density at radius 1 is 1.19 bits per heavy atom. The second kappa shape index (κ2) is 8.13. The molecule has 0 amide bonds. The summed E-state index contributed by atoms with van der Waals surface area (Å²) in [6, 6.07) is 8.11. The molecule has 0 fully saturated rings. The van der Waals surface area contributed by atoms with Gasteiger partial charge < -0.3 is 14.8 Å². The predicted octanol–water partition coefficient (Wildman–Crippen LogP) is 2.21. The molecule has 0 radical (unpaired) electrons. The predicted molar refractivity (Wildman–Crippen MR) is 65.8 cm³/mol. The summed E-state index contributed by atoms with van der Waals surface area (Å²) in [5.74, 6) is 0.947. The molecule has 0 unspecified atom stereocenters. The largest absolute Gasteiger partial charge is 0.491 e. The molecule has 0 aliphatic rings. The van der Waals surface area contributed by atoms with E-state index in [9.17, 15) is 0 Å². The van der Waals surface area contributed by atoms with Crippen LogP contribution in [0.25, 0.3) is 0 Å².